The zero-order valence-corrected chi connectivity index (χ0v) is 14.4. The van der Waals surface area contributed by atoms with Crippen LogP contribution in [0.25, 0.3) is 0 Å². The number of rotatable bonds is 0. The maximum absolute atomic E-state index is 14.2. The Morgan fingerprint density at radius 2 is 1.04 bits per heavy atom. The zero-order chi connectivity index (χ0) is 17.6. The van der Waals surface area contributed by atoms with Crippen molar-refractivity contribution in [2.24, 2.45) is 0 Å². The molecule has 0 bridgehead atoms. The van der Waals surface area contributed by atoms with Crippen LogP contribution in [0.15, 0.2) is 65.1 Å². The molecule has 3 aromatic rings. The highest BCUT2D eigenvalue weighted by atomic mass is 79.9. The summed E-state index contributed by atoms with van der Waals surface area (Å²) in [6, 6.07) is 18.2. The van der Waals surface area contributed by atoms with Crippen molar-refractivity contribution in [3.63, 3.8) is 0 Å². The van der Waals surface area contributed by atoms with Gasteiger partial charge in [-0.15, -0.1) is 0 Å². The van der Waals surface area contributed by atoms with Gasteiger partial charge in [-0.2, -0.15) is 0 Å². The van der Waals surface area contributed by atoms with E-state index in [1.54, 1.807) is 24.3 Å². The molecule has 3 rings (SSSR count). The third-order valence-electron chi connectivity index (χ3n) is 3.22. The molecule has 25 heavy (non-hydrogen) atoms. The van der Waals surface area contributed by atoms with E-state index in [1.165, 1.54) is 0 Å². The van der Waals surface area contributed by atoms with E-state index in [1.807, 2.05) is 36.4 Å². The van der Waals surface area contributed by atoms with Gasteiger partial charge in [0.25, 0.3) is 0 Å². The molecule has 120 valence electrons. The summed E-state index contributed by atoms with van der Waals surface area (Å²) >= 11 is 2.91. The number of benzene rings is 2. The van der Waals surface area contributed by atoms with Crippen molar-refractivity contribution >= 4 is 15.9 Å². The number of pyridine rings is 1. The average molecular weight is 394 g/mol. The number of aromatic nitrogens is 1. The van der Waals surface area contributed by atoms with Gasteiger partial charge in [-0.1, -0.05) is 48.2 Å². The zero-order valence-electron chi connectivity index (χ0n) is 12.9. The predicted molar refractivity (Wildman–Crippen MR) is 96.7 cm³/mol. The molecule has 0 aliphatic rings. The summed E-state index contributed by atoms with van der Waals surface area (Å²) in [5.41, 5.74) is 1.10. The molecule has 0 amide bonds. The lowest BCUT2D eigenvalue weighted by atomic mass is 10.2. The average Bonchev–Trinajstić information content (AvgIpc) is 2.66. The monoisotopic (exact) mass is 393 g/mol. The number of nitrogens with zero attached hydrogens (tertiary/aromatic N) is 1. The van der Waals surface area contributed by atoms with Crippen LogP contribution in [0.2, 0.25) is 0 Å². The van der Waals surface area contributed by atoms with Gasteiger partial charge in [-0.3, -0.25) is 0 Å². The van der Waals surface area contributed by atoms with E-state index in [0.717, 1.165) is 0 Å². The van der Waals surface area contributed by atoms with E-state index >= 15 is 0 Å². The van der Waals surface area contributed by atoms with Gasteiger partial charge >= 0.3 is 0 Å². The fourth-order valence-electron chi connectivity index (χ4n) is 1.99. The first kappa shape index (κ1) is 16.9. The molecule has 0 saturated carbocycles. The normalized spacial score (nSPS) is 9.56. The molecule has 0 atom stereocenters. The van der Waals surface area contributed by atoms with Crippen LogP contribution in [0.3, 0.4) is 0 Å². The smallest absolute Gasteiger partial charge is 0.174 e. The summed E-state index contributed by atoms with van der Waals surface area (Å²) in [7, 11) is 0. The summed E-state index contributed by atoms with van der Waals surface area (Å²) in [5.74, 6) is 9.20. The van der Waals surface area contributed by atoms with Crippen LogP contribution < -0.4 is 0 Å². The van der Waals surface area contributed by atoms with Crippen LogP contribution in [0, 0.1) is 35.3 Å². The Labute approximate surface area is 152 Å². The van der Waals surface area contributed by atoms with Crippen molar-refractivity contribution in [2.75, 3.05) is 0 Å². The topological polar surface area (TPSA) is 12.9 Å². The molecule has 0 radical (unpaired) electrons. The Morgan fingerprint density at radius 1 is 0.640 bits per heavy atom. The van der Waals surface area contributed by atoms with Crippen molar-refractivity contribution in [1.29, 1.82) is 0 Å². The molecule has 0 aliphatic heterocycles. The summed E-state index contributed by atoms with van der Waals surface area (Å²) in [4.78, 5) is 3.94. The van der Waals surface area contributed by atoms with E-state index in [-0.39, 0.29) is 15.9 Å². The predicted octanol–water partition coefficient (Wildman–Crippen LogP) is 4.92. The van der Waals surface area contributed by atoms with E-state index < -0.39 is 11.6 Å². The molecule has 2 aromatic carbocycles. The third kappa shape index (κ3) is 4.12. The molecule has 4 heteroatoms. The molecule has 0 aliphatic carbocycles. The SMILES string of the molecule is Fc1c(C#Cc2ccccc2)nc(C#Cc2ccccc2)c(F)c1Br. The van der Waals surface area contributed by atoms with Crippen molar-refractivity contribution in [3.8, 4) is 23.7 Å². The molecule has 0 spiro atoms. The van der Waals surface area contributed by atoms with Crippen molar-refractivity contribution in [3.05, 3.63) is 99.3 Å². The highest BCUT2D eigenvalue weighted by Gasteiger charge is 2.16. The van der Waals surface area contributed by atoms with Crippen LogP contribution in [-0.4, -0.2) is 4.98 Å². The summed E-state index contributed by atoms with van der Waals surface area (Å²) < 4.78 is 28.1. The van der Waals surface area contributed by atoms with Crippen molar-refractivity contribution in [2.45, 2.75) is 0 Å². The Morgan fingerprint density at radius 3 is 1.44 bits per heavy atom. The van der Waals surface area contributed by atoms with Gasteiger partial charge in [0.2, 0.25) is 0 Å². The number of hydrogen-bond acceptors (Lipinski definition) is 1. The summed E-state index contributed by atoms with van der Waals surface area (Å²) in [6.07, 6.45) is 0. The van der Waals surface area contributed by atoms with Gasteiger partial charge < -0.3 is 0 Å². The molecule has 0 saturated heterocycles. The quantitative estimate of drug-likeness (QED) is 0.494. The molecule has 1 heterocycles. The lowest BCUT2D eigenvalue weighted by molar-refractivity contribution is 0.556. The minimum atomic E-state index is -0.841. The van der Waals surface area contributed by atoms with Gasteiger partial charge in [0.05, 0.1) is 4.47 Å². The molecule has 1 aromatic heterocycles. The first-order valence-electron chi connectivity index (χ1n) is 7.34. The van der Waals surface area contributed by atoms with Gasteiger partial charge in [0.1, 0.15) is 0 Å². The van der Waals surface area contributed by atoms with Gasteiger partial charge in [0, 0.05) is 11.1 Å². The Bertz CT molecular complexity index is 942. The van der Waals surface area contributed by atoms with Crippen LogP contribution in [0.5, 0.6) is 0 Å². The number of hydrogen-bond donors (Lipinski definition) is 0. The van der Waals surface area contributed by atoms with E-state index in [9.17, 15) is 8.78 Å². The second kappa shape index (κ2) is 7.75. The first-order chi connectivity index (χ1) is 12.1. The fraction of sp³-hybridized carbons (Fsp3) is 0. The van der Waals surface area contributed by atoms with Crippen LogP contribution >= 0.6 is 15.9 Å². The summed E-state index contributed by atoms with van der Waals surface area (Å²) in [6.45, 7) is 0. The summed E-state index contributed by atoms with van der Waals surface area (Å²) in [5, 5.41) is 0. The molecule has 0 unspecified atom stereocenters. The molecule has 0 N–H and O–H groups in total. The van der Waals surface area contributed by atoms with Crippen LogP contribution in [0.4, 0.5) is 8.78 Å². The number of halogens is 3. The van der Waals surface area contributed by atoms with Crippen molar-refractivity contribution < 1.29 is 8.78 Å². The minimum absolute atomic E-state index is 0.158. The first-order valence-corrected chi connectivity index (χ1v) is 8.13. The Hall–Kier alpha value is -2.95. The second-order valence-corrected chi connectivity index (χ2v) is 5.78. The van der Waals surface area contributed by atoms with Crippen LogP contribution in [0.1, 0.15) is 22.5 Å². The van der Waals surface area contributed by atoms with E-state index in [4.69, 9.17) is 0 Å². The second-order valence-electron chi connectivity index (χ2n) is 4.98. The van der Waals surface area contributed by atoms with Crippen LogP contribution in [-0.2, 0) is 0 Å². The maximum Gasteiger partial charge on any atom is 0.174 e. The fourth-order valence-corrected chi connectivity index (χ4v) is 2.36. The molecule has 0 fully saturated rings. The Kier molecular flexibility index (Phi) is 5.23. The van der Waals surface area contributed by atoms with E-state index in [0.29, 0.717) is 11.1 Å². The Balaban J connectivity index is 2.03. The molecular formula is C21H10BrF2N. The van der Waals surface area contributed by atoms with E-state index in [2.05, 4.69) is 44.6 Å². The highest BCUT2D eigenvalue weighted by molar-refractivity contribution is 9.10. The lowest BCUT2D eigenvalue weighted by Gasteiger charge is -2.02. The molecule has 1 nitrogen and oxygen atoms in total. The molecular weight excluding hydrogens is 384 g/mol. The highest BCUT2D eigenvalue weighted by Crippen LogP contribution is 2.23. The van der Waals surface area contributed by atoms with Gasteiger partial charge in [-0.05, 0) is 52.0 Å². The van der Waals surface area contributed by atoms with Gasteiger partial charge in [0.15, 0.2) is 23.0 Å². The third-order valence-corrected chi connectivity index (χ3v) is 3.92. The lowest BCUT2D eigenvalue weighted by Crippen LogP contribution is -2.00. The van der Waals surface area contributed by atoms with Crippen molar-refractivity contribution in [1.82, 2.24) is 4.98 Å². The minimum Gasteiger partial charge on any atom is -0.224 e. The largest absolute Gasteiger partial charge is 0.224 e. The standard InChI is InChI=1S/C21H10BrF2N/c22-19-20(23)17(13-11-15-7-3-1-4-8-15)25-18(21(19)24)14-12-16-9-5-2-6-10-16/h1-10H. The maximum atomic E-state index is 14.2. The van der Waals surface area contributed by atoms with Gasteiger partial charge in [-0.25, -0.2) is 13.8 Å².